The summed E-state index contributed by atoms with van der Waals surface area (Å²) < 4.78 is 0. The normalized spacial score (nSPS) is 30.5. The first-order valence-electron chi connectivity index (χ1n) is 4.96. The molecule has 0 aliphatic heterocycles. The molecule has 0 spiro atoms. The Morgan fingerprint density at radius 1 is 1.42 bits per heavy atom. The zero-order valence-corrected chi connectivity index (χ0v) is 10.3. The summed E-state index contributed by atoms with van der Waals surface area (Å²) in [6, 6.07) is 0. The fraction of sp³-hybridized carbons (Fsp3) is 1.00. The summed E-state index contributed by atoms with van der Waals surface area (Å²) in [6.07, 6.45) is 10.8. The molecule has 0 aromatic heterocycles. The molecular formula is C10H19BrS. The average Bonchev–Trinajstić information content (AvgIpc) is 2.05. The fourth-order valence-electron chi connectivity index (χ4n) is 2.00. The molecule has 2 atom stereocenters. The highest BCUT2D eigenvalue weighted by atomic mass is 79.9. The summed E-state index contributed by atoms with van der Waals surface area (Å²) in [5, 5.41) is 0. The van der Waals surface area contributed by atoms with Crippen LogP contribution in [0.2, 0.25) is 0 Å². The van der Waals surface area contributed by atoms with Gasteiger partial charge in [0.1, 0.15) is 0 Å². The Hall–Kier alpha value is 0.830. The Bertz CT molecular complexity index is 116. The van der Waals surface area contributed by atoms with E-state index in [0.717, 1.165) is 10.7 Å². The maximum Gasteiger partial charge on any atom is 0.0148 e. The number of hydrogen-bond donors (Lipinski definition) is 0. The third-order valence-corrected chi connectivity index (χ3v) is 4.21. The van der Waals surface area contributed by atoms with Crippen molar-refractivity contribution < 1.29 is 0 Å². The first kappa shape index (κ1) is 10.9. The highest BCUT2D eigenvalue weighted by Crippen LogP contribution is 2.31. The molecular weight excluding hydrogens is 232 g/mol. The van der Waals surface area contributed by atoms with Gasteiger partial charge in [-0.3, -0.25) is 0 Å². The van der Waals surface area contributed by atoms with Crippen LogP contribution in [0, 0.1) is 5.92 Å². The molecule has 0 saturated heterocycles. The van der Waals surface area contributed by atoms with Crippen molar-refractivity contribution in [2.75, 3.05) is 12.0 Å². The average molecular weight is 251 g/mol. The lowest BCUT2D eigenvalue weighted by Gasteiger charge is -2.25. The Morgan fingerprint density at radius 2 is 2.25 bits per heavy atom. The maximum atomic E-state index is 3.73. The molecule has 0 heterocycles. The summed E-state index contributed by atoms with van der Waals surface area (Å²) in [7, 11) is 0. The standard InChI is InChI=1S/C10H19BrS/c1-12-7-3-5-9-4-2-6-10(11)8-9/h9-10H,2-8H2,1H3. The minimum Gasteiger partial charge on any atom is -0.165 e. The third kappa shape index (κ3) is 4.18. The van der Waals surface area contributed by atoms with Crippen LogP contribution in [-0.2, 0) is 0 Å². The van der Waals surface area contributed by atoms with Crippen LogP contribution >= 0.6 is 27.7 Å². The van der Waals surface area contributed by atoms with Crippen LogP contribution < -0.4 is 0 Å². The van der Waals surface area contributed by atoms with Gasteiger partial charge in [0.15, 0.2) is 0 Å². The minimum absolute atomic E-state index is 0.825. The van der Waals surface area contributed by atoms with Crippen LogP contribution in [0.5, 0.6) is 0 Å². The molecule has 1 rings (SSSR count). The first-order valence-corrected chi connectivity index (χ1v) is 7.27. The van der Waals surface area contributed by atoms with E-state index < -0.39 is 0 Å². The predicted molar refractivity (Wildman–Crippen MR) is 62.3 cm³/mol. The van der Waals surface area contributed by atoms with Crippen molar-refractivity contribution in [1.29, 1.82) is 0 Å². The highest BCUT2D eigenvalue weighted by Gasteiger charge is 2.18. The van der Waals surface area contributed by atoms with Gasteiger partial charge in [0.05, 0.1) is 0 Å². The van der Waals surface area contributed by atoms with Gasteiger partial charge in [-0.25, -0.2) is 0 Å². The summed E-state index contributed by atoms with van der Waals surface area (Å²) >= 11 is 5.71. The lowest BCUT2D eigenvalue weighted by Crippen LogP contribution is -2.15. The zero-order valence-electron chi connectivity index (χ0n) is 7.89. The second kappa shape index (κ2) is 6.31. The minimum atomic E-state index is 0.825. The Morgan fingerprint density at radius 3 is 2.92 bits per heavy atom. The molecule has 12 heavy (non-hydrogen) atoms. The number of rotatable bonds is 4. The first-order chi connectivity index (χ1) is 5.83. The van der Waals surface area contributed by atoms with Crippen molar-refractivity contribution in [3.63, 3.8) is 0 Å². The lowest BCUT2D eigenvalue weighted by atomic mass is 9.86. The van der Waals surface area contributed by atoms with Crippen LogP contribution in [0.25, 0.3) is 0 Å². The van der Waals surface area contributed by atoms with Gasteiger partial charge in [-0.15, -0.1) is 0 Å². The van der Waals surface area contributed by atoms with Gasteiger partial charge >= 0.3 is 0 Å². The highest BCUT2D eigenvalue weighted by molar-refractivity contribution is 9.09. The second-order valence-electron chi connectivity index (χ2n) is 3.76. The SMILES string of the molecule is CSCCCC1CCCC(Br)C1. The number of hydrogen-bond acceptors (Lipinski definition) is 1. The molecule has 0 amide bonds. The van der Waals surface area contributed by atoms with Gasteiger partial charge in [0.25, 0.3) is 0 Å². The van der Waals surface area contributed by atoms with Gasteiger partial charge in [-0.1, -0.05) is 28.8 Å². The van der Waals surface area contributed by atoms with E-state index in [4.69, 9.17) is 0 Å². The lowest BCUT2D eigenvalue weighted by molar-refractivity contribution is 0.347. The van der Waals surface area contributed by atoms with Crippen LogP contribution in [0.4, 0.5) is 0 Å². The number of thioether (sulfide) groups is 1. The molecule has 72 valence electrons. The van der Waals surface area contributed by atoms with E-state index in [-0.39, 0.29) is 0 Å². The summed E-state index contributed by atoms with van der Waals surface area (Å²) in [6.45, 7) is 0. The van der Waals surface area contributed by atoms with E-state index in [2.05, 4.69) is 22.2 Å². The fourth-order valence-corrected chi connectivity index (χ4v) is 3.31. The summed E-state index contributed by atoms with van der Waals surface area (Å²) in [5.41, 5.74) is 0. The van der Waals surface area contributed by atoms with E-state index in [9.17, 15) is 0 Å². The molecule has 1 aliphatic rings. The van der Waals surface area contributed by atoms with Crippen LogP contribution in [0.3, 0.4) is 0 Å². The predicted octanol–water partition coefficient (Wildman–Crippen LogP) is 4.08. The van der Waals surface area contributed by atoms with E-state index >= 15 is 0 Å². The van der Waals surface area contributed by atoms with Crippen molar-refractivity contribution in [2.24, 2.45) is 5.92 Å². The summed E-state index contributed by atoms with van der Waals surface area (Å²) in [4.78, 5) is 0.825. The van der Waals surface area contributed by atoms with Gasteiger partial charge in [0, 0.05) is 4.83 Å². The number of halogens is 1. The van der Waals surface area contributed by atoms with Crippen molar-refractivity contribution in [1.82, 2.24) is 0 Å². The molecule has 0 bridgehead atoms. The molecule has 1 saturated carbocycles. The molecule has 0 aromatic carbocycles. The molecule has 0 N–H and O–H groups in total. The van der Waals surface area contributed by atoms with Gasteiger partial charge in [0.2, 0.25) is 0 Å². The molecule has 0 nitrogen and oxygen atoms in total. The van der Waals surface area contributed by atoms with Crippen molar-refractivity contribution >= 4 is 27.7 Å². The third-order valence-electron chi connectivity index (χ3n) is 2.68. The second-order valence-corrected chi connectivity index (χ2v) is 6.05. The topological polar surface area (TPSA) is 0 Å². The molecule has 1 fully saturated rings. The van der Waals surface area contributed by atoms with Gasteiger partial charge in [-0.2, -0.15) is 11.8 Å². The maximum absolute atomic E-state index is 3.73. The Balaban J connectivity index is 2.06. The van der Waals surface area contributed by atoms with Crippen molar-refractivity contribution in [2.45, 2.75) is 43.4 Å². The Labute approximate surface area is 89.0 Å². The summed E-state index contributed by atoms with van der Waals surface area (Å²) in [5.74, 6) is 2.37. The van der Waals surface area contributed by atoms with Crippen molar-refractivity contribution in [3.05, 3.63) is 0 Å². The van der Waals surface area contributed by atoms with E-state index in [1.165, 1.54) is 44.3 Å². The zero-order chi connectivity index (χ0) is 8.81. The van der Waals surface area contributed by atoms with Gasteiger partial charge in [-0.05, 0) is 43.6 Å². The van der Waals surface area contributed by atoms with Crippen molar-refractivity contribution in [3.8, 4) is 0 Å². The largest absolute Gasteiger partial charge is 0.165 e. The monoisotopic (exact) mass is 250 g/mol. The molecule has 1 aliphatic carbocycles. The molecule has 0 aromatic rings. The van der Waals surface area contributed by atoms with Gasteiger partial charge < -0.3 is 0 Å². The smallest absolute Gasteiger partial charge is 0.0148 e. The molecule has 2 heteroatoms. The van der Waals surface area contributed by atoms with Crippen LogP contribution in [0.15, 0.2) is 0 Å². The Kier molecular flexibility index (Phi) is 5.73. The van der Waals surface area contributed by atoms with Crippen LogP contribution in [0.1, 0.15) is 38.5 Å². The quantitative estimate of drug-likeness (QED) is 0.536. The molecule has 0 radical (unpaired) electrons. The van der Waals surface area contributed by atoms with E-state index in [1.54, 1.807) is 0 Å². The van der Waals surface area contributed by atoms with E-state index in [0.29, 0.717) is 0 Å². The van der Waals surface area contributed by atoms with Crippen LogP contribution in [-0.4, -0.2) is 16.8 Å². The van der Waals surface area contributed by atoms with E-state index in [1.807, 2.05) is 11.8 Å². The number of alkyl halides is 1. The molecule has 2 unspecified atom stereocenters.